The SMILES string of the molecule is CCCCOC(=O)COc1ccc(CC(C)N)nc1. The zero-order valence-electron chi connectivity index (χ0n) is 11.6. The molecule has 106 valence electrons. The summed E-state index contributed by atoms with van der Waals surface area (Å²) in [5, 5.41) is 0. The number of carbonyl (C=O) groups is 1. The lowest BCUT2D eigenvalue weighted by molar-refractivity contribution is -0.146. The molecule has 1 aromatic rings. The van der Waals surface area contributed by atoms with E-state index in [1.54, 1.807) is 12.3 Å². The Bertz CT molecular complexity index is 377. The number of hydrogen-bond acceptors (Lipinski definition) is 5. The Hall–Kier alpha value is -1.62. The number of nitrogens with zero attached hydrogens (tertiary/aromatic N) is 1. The third-order valence-corrected chi connectivity index (χ3v) is 2.45. The van der Waals surface area contributed by atoms with Crippen LogP contribution in [0.15, 0.2) is 18.3 Å². The molecule has 0 bridgehead atoms. The first kappa shape index (κ1) is 15.4. The fourth-order valence-electron chi connectivity index (χ4n) is 1.46. The number of nitrogens with two attached hydrogens (primary N) is 1. The monoisotopic (exact) mass is 266 g/mol. The van der Waals surface area contributed by atoms with Gasteiger partial charge in [-0.05, 0) is 25.5 Å². The predicted octanol–water partition coefficient (Wildman–Crippen LogP) is 1.69. The van der Waals surface area contributed by atoms with E-state index in [9.17, 15) is 4.79 Å². The van der Waals surface area contributed by atoms with E-state index in [1.807, 2.05) is 19.9 Å². The van der Waals surface area contributed by atoms with Crippen LogP contribution in [0.3, 0.4) is 0 Å². The Labute approximate surface area is 114 Å². The first-order valence-electron chi connectivity index (χ1n) is 6.60. The summed E-state index contributed by atoms with van der Waals surface area (Å²) in [5.41, 5.74) is 6.60. The van der Waals surface area contributed by atoms with E-state index < -0.39 is 0 Å². The van der Waals surface area contributed by atoms with Crippen molar-refractivity contribution in [1.82, 2.24) is 4.98 Å². The molecule has 1 heterocycles. The minimum atomic E-state index is -0.354. The molecule has 0 amide bonds. The minimum absolute atomic E-state index is 0.0767. The zero-order valence-corrected chi connectivity index (χ0v) is 11.6. The summed E-state index contributed by atoms with van der Waals surface area (Å²) in [6.07, 6.45) is 4.19. The second-order valence-electron chi connectivity index (χ2n) is 4.53. The first-order chi connectivity index (χ1) is 9.11. The molecular formula is C14H22N2O3. The van der Waals surface area contributed by atoms with Crippen LogP contribution in [0, 0.1) is 0 Å². The maximum absolute atomic E-state index is 11.3. The van der Waals surface area contributed by atoms with Crippen LogP contribution in [0.1, 0.15) is 32.4 Å². The van der Waals surface area contributed by atoms with Crippen molar-refractivity contribution in [1.29, 1.82) is 0 Å². The lowest BCUT2D eigenvalue weighted by Crippen LogP contribution is -2.18. The molecule has 1 atom stereocenters. The maximum atomic E-state index is 11.3. The highest BCUT2D eigenvalue weighted by Gasteiger charge is 2.05. The molecule has 5 nitrogen and oxygen atoms in total. The minimum Gasteiger partial charge on any atom is -0.480 e. The standard InChI is InChI=1S/C14H22N2O3/c1-3-4-7-18-14(17)10-19-13-6-5-12(16-9-13)8-11(2)15/h5-6,9,11H,3-4,7-8,10,15H2,1-2H3. The summed E-state index contributed by atoms with van der Waals surface area (Å²) in [4.78, 5) is 15.5. The Kier molecular flexibility index (Phi) is 6.89. The van der Waals surface area contributed by atoms with Gasteiger partial charge in [-0.1, -0.05) is 13.3 Å². The van der Waals surface area contributed by atoms with E-state index in [0.717, 1.165) is 25.0 Å². The normalized spacial score (nSPS) is 11.9. The number of ether oxygens (including phenoxy) is 2. The van der Waals surface area contributed by atoms with Crippen LogP contribution in [0.4, 0.5) is 0 Å². The molecule has 0 aliphatic heterocycles. The summed E-state index contributed by atoms with van der Waals surface area (Å²) < 4.78 is 10.3. The second-order valence-corrected chi connectivity index (χ2v) is 4.53. The molecule has 1 aromatic heterocycles. The molecular weight excluding hydrogens is 244 g/mol. The fourth-order valence-corrected chi connectivity index (χ4v) is 1.46. The van der Waals surface area contributed by atoms with Gasteiger partial charge in [0.1, 0.15) is 5.75 Å². The van der Waals surface area contributed by atoms with Gasteiger partial charge in [-0.15, -0.1) is 0 Å². The van der Waals surface area contributed by atoms with Gasteiger partial charge in [-0.3, -0.25) is 4.98 Å². The number of rotatable bonds is 8. The van der Waals surface area contributed by atoms with Crippen molar-refractivity contribution >= 4 is 5.97 Å². The van der Waals surface area contributed by atoms with Crippen molar-refractivity contribution in [2.24, 2.45) is 5.73 Å². The fraction of sp³-hybridized carbons (Fsp3) is 0.571. The molecule has 1 unspecified atom stereocenters. The number of esters is 1. The van der Waals surface area contributed by atoms with Crippen molar-refractivity contribution in [3.63, 3.8) is 0 Å². The van der Waals surface area contributed by atoms with Crippen molar-refractivity contribution in [3.05, 3.63) is 24.0 Å². The highest BCUT2D eigenvalue weighted by Crippen LogP contribution is 2.10. The van der Waals surface area contributed by atoms with Crippen LogP contribution in [0.2, 0.25) is 0 Å². The van der Waals surface area contributed by atoms with Crippen LogP contribution < -0.4 is 10.5 Å². The Morgan fingerprint density at radius 3 is 2.84 bits per heavy atom. The van der Waals surface area contributed by atoms with Crippen molar-refractivity contribution < 1.29 is 14.3 Å². The molecule has 5 heteroatoms. The summed E-state index contributed by atoms with van der Waals surface area (Å²) in [6, 6.07) is 3.71. The van der Waals surface area contributed by atoms with Gasteiger partial charge in [-0.2, -0.15) is 0 Å². The average molecular weight is 266 g/mol. The summed E-state index contributed by atoms with van der Waals surface area (Å²) in [5.74, 6) is 0.203. The maximum Gasteiger partial charge on any atom is 0.344 e. The smallest absolute Gasteiger partial charge is 0.344 e. The predicted molar refractivity (Wildman–Crippen MR) is 73.0 cm³/mol. The first-order valence-corrected chi connectivity index (χ1v) is 6.60. The van der Waals surface area contributed by atoms with E-state index in [-0.39, 0.29) is 18.6 Å². The van der Waals surface area contributed by atoms with Gasteiger partial charge in [0.15, 0.2) is 6.61 Å². The van der Waals surface area contributed by atoms with Gasteiger partial charge >= 0.3 is 5.97 Å². The molecule has 2 N–H and O–H groups in total. The van der Waals surface area contributed by atoms with Crippen LogP contribution in [0.5, 0.6) is 5.75 Å². The van der Waals surface area contributed by atoms with Gasteiger partial charge < -0.3 is 15.2 Å². The van der Waals surface area contributed by atoms with E-state index >= 15 is 0 Å². The van der Waals surface area contributed by atoms with Crippen LogP contribution >= 0.6 is 0 Å². The van der Waals surface area contributed by atoms with E-state index in [1.165, 1.54) is 0 Å². The summed E-state index contributed by atoms with van der Waals surface area (Å²) in [6.45, 7) is 4.33. The van der Waals surface area contributed by atoms with Crippen LogP contribution in [0.25, 0.3) is 0 Å². The van der Waals surface area contributed by atoms with Gasteiger partial charge in [0.2, 0.25) is 0 Å². The van der Waals surface area contributed by atoms with Crippen LogP contribution in [-0.2, 0) is 16.0 Å². The number of carbonyl (C=O) groups excluding carboxylic acids is 1. The Morgan fingerprint density at radius 2 is 2.26 bits per heavy atom. The zero-order chi connectivity index (χ0) is 14.1. The topological polar surface area (TPSA) is 74.4 Å². The molecule has 0 saturated carbocycles. The number of unbranched alkanes of at least 4 members (excludes halogenated alkanes) is 1. The van der Waals surface area contributed by atoms with Gasteiger partial charge in [0, 0.05) is 18.2 Å². The highest BCUT2D eigenvalue weighted by atomic mass is 16.6. The molecule has 0 spiro atoms. The lowest BCUT2D eigenvalue weighted by atomic mass is 10.2. The molecule has 19 heavy (non-hydrogen) atoms. The molecule has 0 fully saturated rings. The van der Waals surface area contributed by atoms with Gasteiger partial charge in [-0.25, -0.2) is 4.79 Å². The van der Waals surface area contributed by atoms with Crippen molar-refractivity contribution in [2.45, 2.75) is 39.2 Å². The molecule has 0 radical (unpaired) electrons. The summed E-state index contributed by atoms with van der Waals surface area (Å²) >= 11 is 0. The number of hydrogen-bond donors (Lipinski definition) is 1. The third kappa shape index (κ3) is 6.76. The van der Waals surface area contributed by atoms with E-state index in [2.05, 4.69) is 4.98 Å². The third-order valence-electron chi connectivity index (χ3n) is 2.45. The quantitative estimate of drug-likeness (QED) is 0.572. The molecule has 0 aromatic carbocycles. The van der Waals surface area contributed by atoms with E-state index in [4.69, 9.17) is 15.2 Å². The second kappa shape index (κ2) is 8.48. The Balaban J connectivity index is 2.31. The largest absolute Gasteiger partial charge is 0.480 e. The van der Waals surface area contributed by atoms with Crippen molar-refractivity contribution in [2.75, 3.05) is 13.2 Å². The molecule has 0 aliphatic rings. The highest BCUT2D eigenvalue weighted by molar-refractivity contribution is 5.71. The molecule has 0 aliphatic carbocycles. The van der Waals surface area contributed by atoms with Gasteiger partial charge in [0.25, 0.3) is 0 Å². The molecule has 1 rings (SSSR count). The van der Waals surface area contributed by atoms with E-state index in [0.29, 0.717) is 12.4 Å². The van der Waals surface area contributed by atoms with Crippen LogP contribution in [-0.4, -0.2) is 30.2 Å². The number of pyridine rings is 1. The van der Waals surface area contributed by atoms with Gasteiger partial charge in [0.05, 0.1) is 12.8 Å². The average Bonchev–Trinajstić information content (AvgIpc) is 2.37. The lowest BCUT2D eigenvalue weighted by Gasteiger charge is -2.08. The number of aromatic nitrogens is 1. The van der Waals surface area contributed by atoms with Crippen molar-refractivity contribution in [3.8, 4) is 5.75 Å². The summed E-state index contributed by atoms with van der Waals surface area (Å²) in [7, 11) is 0. The Morgan fingerprint density at radius 1 is 1.47 bits per heavy atom. The molecule has 0 saturated heterocycles.